The Hall–Kier alpha value is -2.47. The van der Waals surface area contributed by atoms with Gasteiger partial charge in [-0.25, -0.2) is 4.39 Å². The molecule has 1 unspecified atom stereocenters. The van der Waals surface area contributed by atoms with Crippen molar-refractivity contribution >= 4 is 33.4 Å². The second-order valence-electron chi connectivity index (χ2n) is 5.06. The van der Waals surface area contributed by atoms with E-state index in [1.807, 2.05) is 0 Å². The summed E-state index contributed by atoms with van der Waals surface area (Å²) in [7, 11) is 0. The van der Waals surface area contributed by atoms with Crippen LogP contribution in [0.2, 0.25) is 0 Å². The normalized spacial score (nSPS) is 19.7. The first-order chi connectivity index (χ1) is 11.0. The number of rotatable bonds is 2. The van der Waals surface area contributed by atoms with Crippen LogP contribution in [-0.4, -0.2) is 16.8 Å². The molecular weight excluding hydrogens is 365 g/mol. The highest BCUT2D eigenvalue weighted by molar-refractivity contribution is 9.10. The van der Waals surface area contributed by atoms with Crippen LogP contribution in [0.5, 0.6) is 0 Å². The van der Waals surface area contributed by atoms with Crippen LogP contribution in [0, 0.1) is 5.82 Å². The second kappa shape index (κ2) is 5.96. The number of hydrogen-bond acceptors (Lipinski definition) is 3. The summed E-state index contributed by atoms with van der Waals surface area (Å²) in [6.45, 7) is 0. The third-order valence-corrected chi connectivity index (χ3v) is 4.12. The Morgan fingerprint density at radius 3 is 2.26 bits per heavy atom. The van der Waals surface area contributed by atoms with Crippen LogP contribution in [0.3, 0.4) is 0 Å². The molecule has 2 aromatic carbocycles. The Kier molecular flexibility index (Phi) is 4.00. The van der Waals surface area contributed by atoms with Gasteiger partial charge in [0.25, 0.3) is 11.7 Å². The summed E-state index contributed by atoms with van der Waals surface area (Å²) in [5, 5.41) is 13.0. The fourth-order valence-corrected chi connectivity index (χ4v) is 2.70. The molecule has 2 N–H and O–H groups in total. The van der Waals surface area contributed by atoms with E-state index >= 15 is 0 Å². The average Bonchev–Trinajstić information content (AvgIpc) is 2.84. The predicted molar refractivity (Wildman–Crippen MR) is 86.0 cm³/mol. The third-order valence-electron chi connectivity index (χ3n) is 3.59. The van der Waals surface area contributed by atoms with Gasteiger partial charge in [0.2, 0.25) is 0 Å². The van der Waals surface area contributed by atoms with E-state index in [1.165, 1.54) is 24.3 Å². The molecule has 0 saturated carbocycles. The maximum absolute atomic E-state index is 13.1. The predicted octanol–water partition coefficient (Wildman–Crippen LogP) is 3.30. The summed E-state index contributed by atoms with van der Waals surface area (Å²) >= 11 is 3.29. The van der Waals surface area contributed by atoms with E-state index in [0.717, 1.165) is 4.47 Å². The zero-order chi connectivity index (χ0) is 16.6. The van der Waals surface area contributed by atoms with Crippen molar-refractivity contribution in [2.75, 3.05) is 0 Å². The monoisotopic (exact) mass is 375 g/mol. The van der Waals surface area contributed by atoms with Crippen LogP contribution < -0.4 is 5.32 Å². The topological polar surface area (TPSA) is 66.4 Å². The summed E-state index contributed by atoms with van der Waals surface area (Å²) in [5.41, 5.74) is 0.897. The van der Waals surface area contributed by atoms with Crippen molar-refractivity contribution in [3.63, 3.8) is 0 Å². The number of ketones is 1. The molecule has 1 amide bonds. The van der Waals surface area contributed by atoms with Crippen molar-refractivity contribution in [2.24, 2.45) is 0 Å². The van der Waals surface area contributed by atoms with Gasteiger partial charge in [-0.15, -0.1) is 0 Å². The fraction of sp³-hybridized carbons (Fsp3) is 0.0588. The minimum absolute atomic E-state index is 0.0380. The quantitative estimate of drug-likeness (QED) is 0.480. The van der Waals surface area contributed by atoms with Crippen LogP contribution >= 0.6 is 15.9 Å². The molecule has 4 nitrogen and oxygen atoms in total. The van der Waals surface area contributed by atoms with E-state index in [4.69, 9.17) is 0 Å². The first kappa shape index (κ1) is 15.4. The van der Waals surface area contributed by atoms with Gasteiger partial charge in [0.1, 0.15) is 11.6 Å². The maximum atomic E-state index is 13.1. The van der Waals surface area contributed by atoms with Gasteiger partial charge in [-0.1, -0.05) is 40.2 Å². The lowest BCUT2D eigenvalue weighted by atomic mass is 9.96. The standard InChI is InChI=1S/C17H11BrFNO3/c18-11-5-1-10(2-6-11)15(21)13-14(20-17(23)16(13)22)9-3-7-12(19)8-4-9/h1-8,14,21H,(H,20,23)/b15-13-. The number of carbonyl (C=O) groups is 2. The van der Waals surface area contributed by atoms with Gasteiger partial charge in [0.15, 0.2) is 0 Å². The number of halogens is 2. The van der Waals surface area contributed by atoms with Crippen LogP contribution in [-0.2, 0) is 9.59 Å². The van der Waals surface area contributed by atoms with Crippen LogP contribution in [0.4, 0.5) is 4.39 Å². The molecular formula is C17H11BrFNO3. The first-order valence-corrected chi connectivity index (χ1v) is 7.56. The van der Waals surface area contributed by atoms with Crippen molar-refractivity contribution in [1.29, 1.82) is 0 Å². The Morgan fingerprint density at radius 2 is 1.65 bits per heavy atom. The largest absolute Gasteiger partial charge is 0.507 e. The van der Waals surface area contributed by atoms with Gasteiger partial charge in [-0.05, 0) is 29.8 Å². The van der Waals surface area contributed by atoms with Crippen molar-refractivity contribution in [1.82, 2.24) is 5.32 Å². The molecule has 1 saturated heterocycles. The van der Waals surface area contributed by atoms with E-state index in [-0.39, 0.29) is 11.3 Å². The second-order valence-corrected chi connectivity index (χ2v) is 5.97. The Labute approximate surface area is 139 Å². The summed E-state index contributed by atoms with van der Waals surface area (Å²) < 4.78 is 13.9. The number of carbonyl (C=O) groups excluding carboxylic acids is 2. The van der Waals surface area contributed by atoms with Crippen LogP contribution in [0.15, 0.2) is 58.6 Å². The molecule has 3 rings (SSSR count). The van der Waals surface area contributed by atoms with E-state index in [0.29, 0.717) is 11.1 Å². The minimum atomic E-state index is -0.806. The SMILES string of the molecule is O=C1NC(c2ccc(F)cc2)/C(=C(/O)c2ccc(Br)cc2)C1=O. The van der Waals surface area contributed by atoms with Crippen LogP contribution in [0.1, 0.15) is 17.2 Å². The number of aliphatic hydroxyl groups excluding tert-OH is 1. The number of hydrogen-bond donors (Lipinski definition) is 2. The van der Waals surface area contributed by atoms with Gasteiger partial charge >= 0.3 is 0 Å². The van der Waals surface area contributed by atoms with Gasteiger partial charge in [0, 0.05) is 10.0 Å². The molecule has 0 aliphatic carbocycles. The number of amides is 1. The van der Waals surface area contributed by atoms with E-state index in [2.05, 4.69) is 21.2 Å². The summed E-state index contributed by atoms with van der Waals surface area (Å²) in [4.78, 5) is 23.9. The van der Waals surface area contributed by atoms with Crippen molar-refractivity contribution < 1.29 is 19.1 Å². The van der Waals surface area contributed by atoms with E-state index < -0.39 is 23.5 Å². The Bertz CT molecular complexity index is 813. The highest BCUT2D eigenvalue weighted by atomic mass is 79.9. The summed E-state index contributed by atoms with van der Waals surface area (Å²) in [6, 6.07) is 11.3. The molecule has 1 aliphatic heterocycles. The van der Waals surface area contributed by atoms with Crippen LogP contribution in [0.25, 0.3) is 5.76 Å². The highest BCUT2D eigenvalue weighted by Gasteiger charge is 2.39. The molecule has 0 spiro atoms. The van der Waals surface area contributed by atoms with Crippen molar-refractivity contribution in [3.8, 4) is 0 Å². The molecule has 23 heavy (non-hydrogen) atoms. The molecule has 0 radical (unpaired) electrons. The zero-order valence-electron chi connectivity index (χ0n) is 11.7. The van der Waals surface area contributed by atoms with Crippen molar-refractivity contribution in [2.45, 2.75) is 6.04 Å². The Balaban J connectivity index is 2.10. The van der Waals surface area contributed by atoms with Gasteiger partial charge in [0.05, 0.1) is 11.6 Å². The molecule has 1 heterocycles. The highest BCUT2D eigenvalue weighted by Crippen LogP contribution is 2.33. The number of Topliss-reactive ketones (excluding diaryl/α,β-unsaturated/α-hetero) is 1. The fourth-order valence-electron chi connectivity index (χ4n) is 2.43. The molecule has 0 aromatic heterocycles. The Morgan fingerprint density at radius 1 is 1.04 bits per heavy atom. The lowest BCUT2D eigenvalue weighted by molar-refractivity contribution is -0.133. The van der Waals surface area contributed by atoms with E-state index in [9.17, 15) is 19.1 Å². The van der Waals surface area contributed by atoms with Crippen molar-refractivity contribution in [3.05, 3.63) is 75.5 Å². The average molecular weight is 376 g/mol. The number of benzene rings is 2. The molecule has 1 fully saturated rings. The minimum Gasteiger partial charge on any atom is -0.507 e. The molecule has 0 bridgehead atoms. The lowest BCUT2D eigenvalue weighted by Crippen LogP contribution is -2.21. The third kappa shape index (κ3) is 2.90. The molecule has 2 aromatic rings. The number of nitrogens with one attached hydrogen (secondary N) is 1. The summed E-state index contributed by atoms with van der Waals surface area (Å²) in [5.74, 6) is -2.28. The zero-order valence-corrected chi connectivity index (χ0v) is 13.3. The molecule has 1 atom stereocenters. The molecule has 1 aliphatic rings. The number of aliphatic hydroxyl groups is 1. The smallest absolute Gasteiger partial charge is 0.293 e. The van der Waals surface area contributed by atoms with Gasteiger partial charge in [-0.3, -0.25) is 9.59 Å². The molecule has 6 heteroatoms. The van der Waals surface area contributed by atoms with Gasteiger partial charge < -0.3 is 10.4 Å². The van der Waals surface area contributed by atoms with Gasteiger partial charge in [-0.2, -0.15) is 0 Å². The lowest BCUT2D eigenvalue weighted by Gasteiger charge is -2.13. The van der Waals surface area contributed by atoms with E-state index in [1.54, 1.807) is 24.3 Å². The maximum Gasteiger partial charge on any atom is 0.293 e. The first-order valence-electron chi connectivity index (χ1n) is 6.77. The summed E-state index contributed by atoms with van der Waals surface area (Å²) in [6.07, 6.45) is 0. The molecule has 116 valence electrons.